The van der Waals surface area contributed by atoms with Crippen LogP contribution < -0.4 is 5.32 Å². The van der Waals surface area contributed by atoms with Crippen molar-refractivity contribution in [2.75, 3.05) is 13.7 Å². The van der Waals surface area contributed by atoms with Crippen LogP contribution in [0.25, 0.3) is 0 Å². The zero-order chi connectivity index (χ0) is 26.0. The molecule has 1 aromatic carbocycles. The number of methoxy groups -OCH3 is 1. The van der Waals surface area contributed by atoms with Crippen molar-refractivity contribution >= 4 is 23.6 Å². The van der Waals surface area contributed by atoms with Gasteiger partial charge in [0, 0.05) is 29.7 Å². The number of nitrogens with one attached hydrogen (secondary N) is 1. The Labute approximate surface area is 210 Å². The van der Waals surface area contributed by atoms with Gasteiger partial charge in [-0.3, -0.25) is 9.48 Å². The molecule has 0 unspecified atom stereocenters. The van der Waals surface area contributed by atoms with Gasteiger partial charge in [0.15, 0.2) is 5.69 Å². The number of aromatic nitrogens is 2. The Morgan fingerprint density at radius 2 is 1.94 bits per heavy atom. The Morgan fingerprint density at radius 1 is 1.22 bits per heavy atom. The second-order valence-electron chi connectivity index (χ2n) is 9.17. The summed E-state index contributed by atoms with van der Waals surface area (Å²) in [7, 11) is 1.35. The van der Waals surface area contributed by atoms with Crippen LogP contribution in [-0.4, -0.2) is 46.4 Å². The number of hydrogen-bond donors (Lipinski definition) is 1. The molecule has 7 nitrogen and oxygen atoms in total. The van der Waals surface area contributed by atoms with Crippen molar-refractivity contribution in [3.8, 4) is 0 Å². The van der Waals surface area contributed by atoms with Gasteiger partial charge in [0.05, 0.1) is 25.3 Å². The molecule has 0 saturated heterocycles. The number of hydrogen-bond acceptors (Lipinski definition) is 4. The summed E-state index contributed by atoms with van der Waals surface area (Å²) in [5.74, 6) is -0.973. The molecule has 1 fully saturated rings. The summed E-state index contributed by atoms with van der Waals surface area (Å²) >= 11 is 5.78. The second kappa shape index (κ2) is 10.7. The molecule has 2 aliphatic rings. The molecule has 196 valence electrons. The number of alkyl halides is 3. The average molecular weight is 531 g/mol. The summed E-state index contributed by atoms with van der Waals surface area (Å²) in [5, 5.41) is 6.98. The van der Waals surface area contributed by atoms with Crippen LogP contribution in [0.2, 0.25) is 5.02 Å². The molecule has 0 radical (unpaired) electrons. The predicted molar refractivity (Wildman–Crippen MR) is 123 cm³/mol. The lowest BCUT2D eigenvalue weighted by atomic mass is 9.86. The Balaban J connectivity index is 1.45. The molecule has 0 spiro atoms. The minimum absolute atomic E-state index is 0.0159. The van der Waals surface area contributed by atoms with Crippen LogP contribution in [0.5, 0.6) is 0 Å². The molecule has 1 aromatic heterocycles. The predicted octanol–water partition coefficient (Wildman–Crippen LogP) is 4.74. The zero-order valence-electron chi connectivity index (χ0n) is 19.7. The summed E-state index contributed by atoms with van der Waals surface area (Å²) in [6.45, 7) is 0.103. The van der Waals surface area contributed by atoms with E-state index in [-0.39, 0.29) is 67.0 Å². The molecule has 12 heteroatoms. The molecule has 1 aliphatic carbocycles. The van der Waals surface area contributed by atoms with Crippen molar-refractivity contribution in [1.29, 1.82) is 0 Å². The fourth-order valence-corrected chi connectivity index (χ4v) is 5.08. The Morgan fingerprint density at radius 3 is 2.58 bits per heavy atom. The largest absolute Gasteiger partial charge is 0.469 e. The van der Waals surface area contributed by atoms with E-state index >= 15 is 0 Å². The molecule has 0 atom stereocenters. The summed E-state index contributed by atoms with van der Waals surface area (Å²) in [4.78, 5) is 26.1. The summed E-state index contributed by atoms with van der Waals surface area (Å²) in [6.07, 6.45) is -2.06. The van der Waals surface area contributed by atoms with Crippen LogP contribution in [0.1, 0.15) is 48.2 Å². The van der Waals surface area contributed by atoms with Crippen molar-refractivity contribution in [1.82, 2.24) is 20.0 Å². The Bertz CT molecular complexity index is 1130. The highest BCUT2D eigenvalue weighted by Crippen LogP contribution is 2.35. The van der Waals surface area contributed by atoms with E-state index in [0.29, 0.717) is 36.9 Å². The van der Waals surface area contributed by atoms with Crippen LogP contribution in [0, 0.1) is 11.7 Å². The third-order valence-corrected chi connectivity index (χ3v) is 7.13. The van der Waals surface area contributed by atoms with Gasteiger partial charge in [-0.2, -0.15) is 18.3 Å². The van der Waals surface area contributed by atoms with E-state index in [0.717, 1.165) is 6.07 Å². The van der Waals surface area contributed by atoms with Crippen molar-refractivity contribution in [3.05, 3.63) is 51.6 Å². The Kier molecular flexibility index (Phi) is 7.77. The minimum atomic E-state index is -4.64. The van der Waals surface area contributed by atoms with E-state index in [1.807, 2.05) is 0 Å². The normalized spacial score (nSPS) is 20.1. The zero-order valence-corrected chi connectivity index (χ0v) is 20.5. The maximum Gasteiger partial charge on any atom is 0.435 e. The number of nitrogens with zero attached hydrogens (tertiary/aromatic N) is 3. The van der Waals surface area contributed by atoms with Crippen molar-refractivity contribution in [2.24, 2.45) is 5.92 Å². The molecule has 2 aromatic rings. The first kappa shape index (κ1) is 26.2. The molecule has 4 rings (SSSR count). The lowest BCUT2D eigenvalue weighted by Gasteiger charge is -2.32. The maximum absolute atomic E-state index is 14.2. The average Bonchev–Trinajstić information content (AvgIpc) is 3.22. The molecule has 0 bridgehead atoms. The van der Waals surface area contributed by atoms with Gasteiger partial charge in [-0.25, -0.2) is 9.18 Å². The third kappa shape index (κ3) is 5.77. The lowest BCUT2D eigenvalue weighted by molar-refractivity contribution is -0.146. The third-order valence-electron chi connectivity index (χ3n) is 6.89. The molecule has 1 N–H and O–H groups in total. The monoisotopic (exact) mass is 530 g/mol. The van der Waals surface area contributed by atoms with Crippen LogP contribution in [0.4, 0.5) is 22.4 Å². The maximum atomic E-state index is 14.2. The highest BCUT2D eigenvalue weighted by atomic mass is 35.5. The van der Waals surface area contributed by atoms with Gasteiger partial charge >= 0.3 is 18.2 Å². The molecular weight excluding hydrogens is 504 g/mol. The standard InChI is InChI=1S/C24H27ClF4N4O3/c1-36-22(34)15-3-6-17(7-4-15)30-23(35)32-10-9-18-20(13-32)33(31-21(18)24(27,28)29)11-8-14-2-5-16(25)12-19(14)26/h2,5,12,15,17H,3-4,6-11,13H2,1H3,(H,30,35). The first-order chi connectivity index (χ1) is 17.1. The number of fused-ring (bicyclic) bond motifs is 1. The SMILES string of the molecule is COC(=O)C1CCC(NC(=O)N2CCc3c(C(F)(F)F)nn(CCc4ccc(Cl)cc4F)c3C2)CC1. The van der Waals surface area contributed by atoms with Crippen LogP contribution >= 0.6 is 11.6 Å². The topological polar surface area (TPSA) is 76.5 Å². The smallest absolute Gasteiger partial charge is 0.435 e. The number of rotatable bonds is 5. The fraction of sp³-hybridized carbons (Fsp3) is 0.542. The van der Waals surface area contributed by atoms with Gasteiger partial charge in [-0.15, -0.1) is 0 Å². The lowest BCUT2D eigenvalue weighted by Crippen LogP contribution is -2.48. The molecular formula is C24H27ClF4N4O3. The van der Waals surface area contributed by atoms with Gasteiger partial charge in [0.25, 0.3) is 0 Å². The molecule has 2 amide bonds. The van der Waals surface area contributed by atoms with E-state index in [1.165, 1.54) is 28.8 Å². The summed E-state index contributed by atoms with van der Waals surface area (Å²) in [6, 6.07) is 3.68. The second-order valence-corrected chi connectivity index (χ2v) is 9.61. The number of urea groups is 1. The number of benzene rings is 1. The van der Waals surface area contributed by atoms with Crippen molar-refractivity contribution < 1.29 is 31.9 Å². The molecule has 36 heavy (non-hydrogen) atoms. The highest BCUT2D eigenvalue weighted by Gasteiger charge is 2.41. The molecule has 1 aliphatic heterocycles. The van der Waals surface area contributed by atoms with E-state index in [9.17, 15) is 27.2 Å². The first-order valence-corrected chi connectivity index (χ1v) is 12.2. The number of aryl methyl sites for hydroxylation is 2. The van der Waals surface area contributed by atoms with Crippen LogP contribution in [0.3, 0.4) is 0 Å². The number of ether oxygens (including phenoxy) is 1. The van der Waals surface area contributed by atoms with Gasteiger partial charge in [0.1, 0.15) is 5.82 Å². The molecule has 2 heterocycles. The van der Waals surface area contributed by atoms with E-state index in [2.05, 4.69) is 10.4 Å². The number of carbonyl (C=O) groups excluding carboxylic acids is 2. The van der Waals surface area contributed by atoms with Gasteiger partial charge in [-0.05, 0) is 56.2 Å². The summed E-state index contributed by atoms with van der Waals surface area (Å²) in [5.41, 5.74) is -0.283. The van der Waals surface area contributed by atoms with Crippen LogP contribution in [0.15, 0.2) is 18.2 Å². The Hall–Kier alpha value is -2.82. The first-order valence-electron chi connectivity index (χ1n) is 11.8. The van der Waals surface area contributed by atoms with E-state index in [1.54, 1.807) is 0 Å². The van der Waals surface area contributed by atoms with Gasteiger partial charge in [-0.1, -0.05) is 17.7 Å². The van der Waals surface area contributed by atoms with Gasteiger partial charge < -0.3 is 15.0 Å². The minimum Gasteiger partial charge on any atom is -0.469 e. The quantitative estimate of drug-likeness (QED) is 0.448. The van der Waals surface area contributed by atoms with E-state index < -0.39 is 17.7 Å². The van der Waals surface area contributed by atoms with Gasteiger partial charge in [0.2, 0.25) is 0 Å². The highest BCUT2D eigenvalue weighted by molar-refractivity contribution is 6.30. The number of halogens is 5. The summed E-state index contributed by atoms with van der Waals surface area (Å²) < 4.78 is 61.2. The number of esters is 1. The van der Waals surface area contributed by atoms with Crippen molar-refractivity contribution in [3.63, 3.8) is 0 Å². The fourth-order valence-electron chi connectivity index (χ4n) is 4.92. The number of amides is 2. The van der Waals surface area contributed by atoms with E-state index in [4.69, 9.17) is 16.3 Å². The molecule has 1 saturated carbocycles. The van der Waals surface area contributed by atoms with Crippen LogP contribution in [-0.2, 0) is 41.6 Å². The number of carbonyl (C=O) groups is 2. The van der Waals surface area contributed by atoms with Crippen molar-refractivity contribution in [2.45, 2.75) is 63.8 Å².